The van der Waals surface area contributed by atoms with Crippen molar-refractivity contribution in [2.45, 2.75) is 19.9 Å². The molecule has 0 aliphatic heterocycles. The molecule has 31 heavy (non-hydrogen) atoms. The Morgan fingerprint density at radius 3 is 2.81 bits per heavy atom. The van der Waals surface area contributed by atoms with E-state index in [2.05, 4.69) is 15.8 Å². The minimum atomic E-state index is -0.611. The average molecular weight is 459 g/mol. The quantitative estimate of drug-likeness (QED) is 0.457. The zero-order valence-electron chi connectivity index (χ0n) is 16.2. The molecule has 2 N–H and O–H groups in total. The number of amides is 2. The van der Waals surface area contributed by atoms with Gasteiger partial charge >= 0.3 is 0 Å². The number of carbonyl (C=O) groups excluding carboxylic acids is 2. The fourth-order valence-corrected chi connectivity index (χ4v) is 4.59. The number of hydrogen-bond donors (Lipinski definition) is 2. The van der Waals surface area contributed by atoms with Crippen molar-refractivity contribution in [2.75, 3.05) is 0 Å². The lowest BCUT2D eigenvalue weighted by molar-refractivity contribution is -0.122. The number of thiophene rings is 1. The molecule has 4 rings (SSSR count). The predicted molar refractivity (Wildman–Crippen MR) is 118 cm³/mol. The smallest absolute Gasteiger partial charge is 0.281 e. The monoisotopic (exact) mass is 458 g/mol. The van der Waals surface area contributed by atoms with Crippen LogP contribution in [0.2, 0.25) is 5.02 Å². The molecular formula is C21H16ClFN4O3S. The third kappa shape index (κ3) is 4.14. The summed E-state index contributed by atoms with van der Waals surface area (Å²) in [6, 6.07) is 9.38. The van der Waals surface area contributed by atoms with Crippen molar-refractivity contribution < 1.29 is 14.0 Å². The Morgan fingerprint density at radius 2 is 2.00 bits per heavy atom. The van der Waals surface area contributed by atoms with Gasteiger partial charge in [0, 0.05) is 23.1 Å². The van der Waals surface area contributed by atoms with Crippen LogP contribution in [0.5, 0.6) is 0 Å². The van der Waals surface area contributed by atoms with Gasteiger partial charge in [0.25, 0.3) is 11.5 Å². The van der Waals surface area contributed by atoms with Crippen LogP contribution in [-0.4, -0.2) is 21.4 Å². The first kappa shape index (κ1) is 21.0. The second-order valence-electron chi connectivity index (χ2n) is 6.85. The topological polar surface area (TPSA) is 93.1 Å². The van der Waals surface area contributed by atoms with Crippen molar-refractivity contribution in [3.63, 3.8) is 0 Å². The van der Waals surface area contributed by atoms with Gasteiger partial charge in [0.1, 0.15) is 10.7 Å². The van der Waals surface area contributed by atoms with Crippen molar-refractivity contribution in [1.29, 1.82) is 0 Å². The molecule has 2 aromatic carbocycles. The highest BCUT2D eigenvalue weighted by molar-refractivity contribution is 7.21. The normalized spacial score (nSPS) is 11.1. The number of nitrogens with one attached hydrogen (secondary N) is 2. The SMILES string of the molecule is Cc1cccc2c(=O)n(CCC(=O)NNC(=O)c3sc4cc(F)ccc4c3Cl)cnc12. The van der Waals surface area contributed by atoms with Gasteiger partial charge in [-0.3, -0.25) is 29.8 Å². The van der Waals surface area contributed by atoms with Crippen molar-refractivity contribution in [2.24, 2.45) is 0 Å². The van der Waals surface area contributed by atoms with Crippen molar-refractivity contribution in [3.8, 4) is 0 Å². The Labute approximate surface area is 184 Å². The zero-order valence-corrected chi connectivity index (χ0v) is 17.8. The summed E-state index contributed by atoms with van der Waals surface area (Å²) in [5.74, 6) is -1.54. The summed E-state index contributed by atoms with van der Waals surface area (Å²) in [4.78, 5) is 41.5. The van der Waals surface area contributed by atoms with Crippen LogP contribution in [0.1, 0.15) is 21.7 Å². The number of hydrazine groups is 1. The summed E-state index contributed by atoms with van der Waals surface area (Å²) in [5, 5.41) is 1.23. The van der Waals surface area contributed by atoms with Crippen LogP contribution in [0.15, 0.2) is 47.5 Å². The number of carbonyl (C=O) groups is 2. The molecule has 4 aromatic rings. The second kappa shape index (κ2) is 8.44. The third-order valence-electron chi connectivity index (χ3n) is 4.75. The van der Waals surface area contributed by atoms with Crippen molar-refractivity contribution >= 4 is 55.7 Å². The summed E-state index contributed by atoms with van der Waals surface area (Å²) < 4.78 is 15.2. The van der Waals surface area contributed by atoms with Crippen LogP contribution in [0.4, 0.5) is 4.39 Å². The van der Waals surface area contributed by atoms with Gasteiger partial charge < -0.3 is 0 Å². The summed E-state index contributed by atoms with van der Waals surface area (Å²) in [7, 11) is 0. The maximum absolute atomic E-state index is 13.4. The Bertz CT molecular complexity index is 1400. The van der Waals surface area contributed by atoms with Crippen LogP contribution in [0.3, 0.4) is 0 Å². The Balaban J connectivity index is 1.39. The number of nitrogens with zero attached hydrogens (tertiary/aromatic N) is 2. The molecule has 158 valence electrons. The third-order valence-corrected chi connectivity index (χ3v) is 6.40. The van der Waals surface area contributed by atoms with Crippen LogP contribution < -0.4 is 16.4 Å². The Kier molecular flexibility index (Phi) is 5.71. The van der Waals surface area contributed by atoms with Gasteiger partial charge in [-0.25, -0.2) is 9.37 Å². The van der Waals surface area contributed by atoms with E-state index >= 15 is 0 Å². The number of fused-ring (bicyclic) bond motifs is 2. The van der Waals surface area contributed by atoms with Crippen LogP contribution in [0.25, 0.3) is 21.0 Å². The molecule has 0 bridgehead atoms. The van der Waals surface area contributed by atoms with E-state index in [1.54, 1.807) is 12.1 Å². The largest absolute Gasteiger partial charge is 0.298 e. The first-order chi connectivity index (χ1) is 14.8. The van der Waals surface area contributed by atoms with Crippen LogP contribution >= 0.6 is 22.9 Å². The number of aryl methyl sites for hydroxylation is 2. The van der Waals surface area contributed by atoms with Gasteiger partial charge in [-0.15, -0.1) is 11.3 Å². The molecule has 2 aromatic heterocycles. The number of rotatable bonds is 4. The van der Waals surface area contributed by atoms with E-state index < -0.39 is 17.6 Å². The van der Waals surface area contributed by atoms with Gasteiger partial charge in [-0.05, 0) is 36.8 Å². The van der Waals surface area contributed by atoms with Gasteiger partial charge in [-0.2, -0.15) is 0 Å². The number of benzene rings is 2. The van der Waals surface area contributed by atoms with Crippen molar-refractivity contribution in [3.05, 3.63) is 74.4 Å². The highest BCUT2D eigenvalue weighted by Crippen LogP contribution is 2.35. The minimum absolute atomic E-state index is 0.0510. The lowest BCUT2D eigenvalue weighted by Crippen LogP contribution is -2.42. The molecule has 0 atom stereocenters. The molecule has 0 saturated carbocycles. The highest BCUT2D eigenvalue weighted by atomic mass is 35.5. The average Bonchev–Trinajstić information content (AvgIpc) is 3.07. The van der Waals surface area contributed by atoms with Gasteiger partial charge in [0.15, 0.2) is 0 Å². The van der Waals surface area contributed by atoms with E-state index in [4.69, 9.17) is 11.6 Å². The Hall–Kier alpha value is -3.30. The molecule has 0 unspecified atom stereocenters. The summed E-state index contributed by atoms with van der Waals surface area (Å²) in [6.45, 7) is 1.97. The van der Waals surface area contributed by atoms with Crippen LogP contribution in [0, 0.1) is 12.7 Å². The summed E-state index contributed by atoms with van der Waals surface area (Å²) >= 11 is 7.23. The van der Waals surface area contributed by atoms with E-state index in [9.17, 15) is 18.8 Å². The second-order valence-corrected chi connectivity index (χ2v) is 8.28. The molecular weight excluding hydrogens is 443 g/mol. The maximum Gasteiger partial charge on any atom is 0.281 e. The fourth-order valence-electron chi connectivity index (χ4n) is 3.15. The molecule has 0 radical (unpaired) electrons. The molecule has 0 aliphatic rings. The van der Waals surface area contributed by atoms with E-state index in [1.165, 1.54) is 29.1 Å². The van der Waals surface area contributed by atoms with E-state index in [0.29, 0.717) is 21.0 Å². The maximum atomic E-state index is 13.4. The molecule has 0 aliphatic carbocycles. The zero-order chi connectivity index (χ0) is 22.1. The number of hydrogen-bond acceptors (Lipinski definition) is 5. The fraction of sp³-hybridized carbons (Fsp3) is 0.143. The number of aromatic nitrogens is 2. The lowest BCUT2D eigenvalue weighted by atomic mass is 10.1. The van der Waals surface area contributed by atoms with Crippen LogP contribution in [-0.2, 0) is 11.3 Å². The first-order valence-electron chi connectivity index (χ1n) is 9.26. The predicted octanol–water partition coefficient (Wildman–Crippen LogP) is 3.56. The molecule has 0 fully saturated rings. The molecule has 10 heteroatoms. The Morgan fingerprint density at radius 1 is 1.19 bits per heavy atom. The standard InChI is InChI=1S/C21H16ClFN4O3S/c1-11-3-2-4-14-18(11)24-10-27(21(14)30)8-7-16(28)25-26-20(29)19-17(22)13-6-5-12(23)9-15(13)31-19/h2-6,9-10H,7-8H2,1H3,(H,25,28)(H,26,29). The molecule has 2 amide bonds. The minimum Gasteiger partial charge on any atom is -0.298 e. The van der Waals surface area contributed by atoms with E-state index in [0.717, 1.165) is 16.9 Å². The summed E-state index contributed by atoms with van der Waals surface area (Å²) in [6.07, 6.45) is 1.35. The first-order valence-corrected chi connectivity index (χ1v) is 10.5. The molecule has 2 heterocycles. The lowest BCUT2D eigenvalue weighted by Gasteiger charge is -2.09. The number of para-hydroxylation sites is 1. The molecule has 7 nitrogen and oxygen atoms in total. The number of halogens is 2. The van der Waals surface area contributed by atoms with Gasteiger partial charge in [-0.1, -0.05) is 23.7 Å². The van der Waals surface area contributed by atoms with Gasteiger partial charge in [0.05, 0.1) is 22.3 Å². The molecule has 0 saturated heterocycles. The van der Waals surface area contributed by atoms with Crippen molar-refractivity contribution in [1.82, 2.24) is 20.4 Å². The summed E-state index contributed by atoms with van der Waals surface area (Å²) in [5.41, 5.74) is 5.87. The molecule has 0 spiro atoms. The van der Waals surface area contributed by atoms with E-state index in [-0.39, 0.29) is 28.4 Å². The highest BCUT2D eigenvalue weighted by Gasteiger charge is 2.18. The van der Waals surface area contributed by atoms with E-state index in [1.807, 2.05) is 13.0 Å². The van der Waals surface area contributed by atoms with Gasteiger partial charge in [0.2, 0.25) is 5.91 Å².